The summed E-state index contributed by atoms with van der Waals surface area (Å²) in [6.45, 7) is 6.40. The lowest BCUT2D eigenvalue weighted by molar-refractivity contribution is 1.33. The lowest BCUT2D eigenvalue weighted by Crippen LogP contribution is -1.81. The van der Waals surface area contributed by atoms with Crippen LogP contribution in [0, 0.1) is 20.8 Å². The number of hydrogen-bond donors (Lipinski definition) is 0. The second-order valence-electron chi connectivity index (χ2n) is 4.59. The van der Waals surface area contributed by atoms with Gasteiger partial charge in [-0.2, -0.15) is 0 Å². The van der Waals surface area contributed by atoms with Gasteiger partial charge in [0.05, 0.1) is 0 Å². The van der Waals surface area contributed by atoms with E-state index >= 15 is 0 Å². The molecule has 0 saturated heterocycles. The van der Waals surface area contributed by atoms with Crippen LogP contribution < -0.4 is 0 Å². The van der Waals surface area contributed by atoms with Crippen molar-refractivity contribution < 1.29 is 0 Å². The van der Waals surface area contributed by atoms with Gasteiger partial charge in [0.15, 0.2) is 0 Å². The molecule has 0 heterocycles. The fraction of sp³-hybridized carbons (Fsp3) is 0.176. The molecule has 0 unspecified atom stereocenters. The molecule has 0 heteroatoms. The van der Waals surface area contributed by atoms with Crippen LogP contribution in [0.2, 0.25) is 0 Å². The van der Waals surface area contributed by atoms with E-state index in [1.807, 2.05) is 0 Å². The van der Waals surface area contributed by atoms with Gasteiger partial charge in [-0.15, -0.1) is 0 Å². The normalized spacial score (nSPS) is 11.0. The van der Waals surface area contributed by atoms with Crippen LogP contribution >= 0.6 is 0 Å². The fourth-order valence-corrected chi connectivity index (χ4v) is 1.74. The van der Waals surface area contributed by atoms with E-state index in [0.717, 1.165) is 0 Å². The van der Waals surface area contributed by atoms with Gasteiger partial charge in [0, 0.05) is 0 Å². The van der Waals surface area contributed by atoms with Crippen LogP contribution in [0.4, 0.5) is 0 Å². The summed E-state index contributed by atoms with van der Waals surface area (Å²) in [5.74, 6) is 0. The van der Waals surface area contributed by atoms with E-state index in [-0.39, 0.29) is 0 Å². The minimum absolute atomic E-state index is 1.24. The SMILES string of the molecule is Cc1ccc(C=Cc2ccc(C)c(C)c2)cc1. The molecule has 2 rings (SSSR count). The Balaban J connectivity index is 2.20. The fourth-order valence-electron chi connectivity index (χ4n) is 1.74. The average molecular weight is 222 g/mol. The molecule has 0 nitrogen and oxygen atoms in total. The first kappa shape index (κ1) is 11.7. The maximum absolute atomic E-state index is 2.22. The minimum atomic E-state index is 1.24. The Morgan fingerprint density at radius 1 is 0.647 bits per heavy atom. The first-order valence-corrected chi connectivity index (χ1v) is 5.97. The third-order valence-electron chi connectivity index (χ3n) is 3.08. The zero-order valence-electron chi connectivity index (χ0n) is 10.7. The molecule has 0 saturated carbocycles. The second kappa shape index (κ2) is 5.01. The highest BCUT2D eigenvalue weighted by Gasteiger charge is 1.93. The molecule has 0 amide bonds. The van der Waals surface area contributed by atoms with Gasteiger partial charge in [0.1, 0.15) is 0 Å². The van der Waals surface area contributed by atoms with Crippen molar-refractivity contribution in [2.24, 2.45) is 0 Å². The molecular weight excluding hydrogens is 204 g/mol. The Hall–Kier alpha value is -1.82. The van der Waals surface area contributed by atoms with Gasteiger partial charge in [0.2, 0.25) is 0 Å². The van der Waals surface area contributed by atoms with E-state index in [9.17, 15) is 0 Å². The van der Waals surface area contributed by atoms with Crippen molar-refractivity contribution in [2.45, 2.75) is 20.8 Å². The Morgan fingerprint density at radius 3 is 1.88 bits per heavy atom. The summed E-state index contributed by atoms with van der Waals surface area (Å²) in [6, 6.07) is 15.1. The summed E-state index contributed by atoms with van der Waals surface area (Å²) < 4.78 is 0. The lowest BCUT2D eigenvalue weighted by Gasteiger charge is -2.01. The molecule has 0 bridgehead atoms. The predicted molar refractivity (Wildman–Crippen MR) is 76.0 cm³/mol. The largest absolute Gasteiger partial charge is 0.0587 e. The first-order chi connectivity index (χ1) is 8.15. The van der Waals surface area contributed by atoms with E-state index in [4.69, 9.17) is 0 Å². The quantitative estimate of drug-likeness (QED) is 0.641. The van der Waals surface area contributed by atoms with Crippen molar-refractivity contribution >= 4 is 12.2 Å². The van der Waals surface area contributed by atoms with Gasteiger partial charge in [-0.1, -0.05) is 60.2 Å². The molecule has 0 spiro atoms. The zero-order chi connectivity index (χ0) is 12.3. The van der Waals surface area contributed by atoms with Gasteiger partial charge in [-0.05, 0) is 43.0 Å². The van der Waals surface area contributed by atoms with E-state index in [1.165, 1.54) is 27.8 Å². The summed E-state index contributed by atoms with van der Waals surface area (Å²) >= 11 is 0. The average Bonchev–Trinajstić information content (AvgIpc) is 2.33. The van der Waals surface area contributed by atoms with Crippen LogP contribution in [0.25, 0.3) is 12.2 Å². The number of rotatable bonds is 2. The van der Waals surface area contributed by atoms with Crippen LogP contribution in [0.5, 0.6) is 0 Å². The predicted octanol–water partition coefficient (Wildman–Crippen LogP) is 4.78. The first-order valence-electron chi connectivity index (χ1n) is 5.97. The maximum atomic E-state index is 2.22. The third kappa shape index (κ3) is 3.07. The molecule has 17 heavy (non-hydrogen) atoms. The molecule has 0 aliphatic heterocycles. The maximum Gasteiger partial charge on any atom is -0.0254 e. The molecule has 0 N–H and O–H groups in total. The van der Waals surface area contributed by atoms with E-state index in [0.29, 0.717) is 0 Å². The molecule has 0 fully saturated rings. The molecule has 0 aromatic heterocycles. The van der Waals surface area contributed by atoms with E-state index in [1.54, 1.807) is 0 Å². The van der Waals surface area contributed by atoms with Crippen molar-refractivity contribution in [2.75, 3.05) is 0 Å². The molecule has 0 radical (unpaired) electrons. The number of aryl methyl sites for hydroxylation is 3. The van der Waals surface area contributed by atoms with Crippen LogP contribution in [-0.4, -0.2) is 0 Å². The Morgan fingerprint density at radius 2 is 1.24 bits per heavy atom. The second-order valence-corrected chi connectivity index (χ2v) is 4.59. The summed E-state index contributed by atoms with van der Waals surface area (Å²) in [4.78, 5) is 0. The molecule has 0 aliphatic rings. The van der Waals surface area contributed by atoms with Crippen molar-refractivity contribution in [3.63, 3.8) is 0 Å². The summed E-state index contributed by atoms with van der Waals surface area (Å²) in [5, 5.41) is 0. The molecule has 2 aromatic rings. The highest BCUT2D eigenvalue weighted by molar-refractivity contribution is 5.70. The Kier molecular flexibility index (Phi) is 3.43. The molecule has 0 atom stereocenters. The van der Waals surface area contributed by atoms with Gasteiger partial charge in [0.25, 0.3) is 0 Å². The minimum Gasteiger partial charge on any atom is -0.0587 e. The highest BCUT2D eigenvalue weighted by atomic mass is 14.0. The van der Waals surface area contributed by atoms with Crippen LogP contribution in [0.1, 0.15) is 27.8 Å². The van der Waals surface area contributed by atoms with E-state index < -0.39 is 0 Å². The van der Waals surface area contributed by atoms with Crippen LogP contribution in [0.3, 0.4) is 0 Å². The Labute approximate surface area is 104 Å². The van der Waals surface area contributed by atoms with E-state index in [2.05, 4.69) is 75.4 Å². The topological polar surface area (TPSA) is 0 Å². The monoisotopic (exact) mass is 222 g/mol. The zero-order valence-corrected chi connectivity index (χ0v) is 10.7. The van der Waals surface area contributed by atoms with Gasteiger partial charge >= 0.3 is 0 Å². The molecule has 0 aliphatic carbocycles. The van der Waals surface area contributed by atoms with Crippen LogP contribution in [0.15, 0.2) is 42.5 Å². The third-order valence-corrected chi connectivity index (χ3v) is 3.08. The van der Waals surface area contributed by atoms with Crippen LogP contribution in [-0.2, 0) is 0 Å². The van der Waals surface area contributed by atoms with Crippen molar-refractivity contribution in [3.05, 3.63) is 70.3 Å². The molecule has 86 valence electrons. The number of benzene rings is 2. The molecular formula is C17H18. The summed E-state index contributed by atoms with van der Waals surface area (Å²) in [7, 11) is 0. The van der Waals surface area contributed by atoms with Crippen molar-refractivity contribution in [1.82, 2.24) is 0 Å². The highest BCUT2D eigenvalue weighted by Crippen LogP contribution is 2.13. The Bertz CT molecular complexity index is 530. The smallest absolute Gasteiger partial charge is 0.0254 e. The lowest BCUT2D eigenvalue weighted by atomic mass is 10.1. The summed E-state index contributed by atoms with van der Waals surface area (Å²) in [5.41, 5.74) is 6.49. The van der Waals surface area contributed by atoms with Gasteiger partial charge in [-0.25, -0.2) is 0 Å². The van der Waals surface area contributed by atoms with Gasteiger partial charge in [-0.3, -0.25) is 0 Å². The summed E-state index contributed by atoms with van der Waals surface area (Å²) in [6.07, 6.45) is 4.32. The van der Waals surface area contributed by atoms with Crippen molar-refractivity contribution in [3.8, 4) is 0 Å². The van der Waals surface area contributed by atoms with Gasteiger partial charge < -0.3 is 0 Å². The standard InChI is InChI=1S/C17H18/c1-13-4-7-16(8-5-13)10-11-17-9-6-14(2)15(3)12-17/h4-12H,1-3H3. The molecule has 2 aromatic carbocycles. The number of hydrogen-bond acceptors (Lipinski definition) is 0. The van der Waals surface area contributed by atoms with Crippen molar-refractivity contribution in [1.29, 1.82) is 0 Å².